The van der Waals surface area contributed by atoms with Gasteiger partial charge in [-0.05, 0) is 51.1 Å². The van der Waals surface area contributed by atoms with Crippen LogP contribution in [0.1, 0.15) is 20.8 Å². The summed E-state index contributed by atoms with van der Waals surface area (Å²) in [7, 11) is -1.49. The second-order valence-corrected chi connectivity index (χ2v) is 9.23. The van der Waals surface area contributed by atoms with Crippen LogP contribution in [-0.2, 0) is 9.84 Å². The summed E-state index contributed by atoms with van der Waals surface area (Å²) < 4.78 is 30.8. The normalized spacial score (nSPS) is 11.6. The molecule has 0 aliphatic heterocycles. The maximum absolute atomic E-state index is 12.5. The zero-order valence-corrected chi connectivity index (χ0v) is 16.9. The molecular weight excluding hydrogens is 381 g/mol. The van der Waals surface area contributed by atoms with E-state index in [-0.39, 0.29) is 4.90 Å². The number of benzene rings is 2. The quantitative estimate of drug-likeness (QED) is 0.647. The summed E-state index contributed by atoms with van der Waals surface area (Å²) in [4.78, 5) is 2.20. The molecule has 0 heterocycles. The molecule has 0 atom stereocenters. The summed E-state index contributed by atoms with van der Waals surface area (Å²) in [5, 5.41) is 0.344. The molecule has 2 aromatic rings. The molecular formula is C18H21Cl2NO3S. The number of hydrogen-bond acceptors (Lipinski definition) is 4. The van der Waals surface area contributed by atoms with Crippen molar-refractivity contribution in [3.63, 3.8) is 0 Å². The Morgan fingerprint density at radius 3 is 2.32 bits per heavy atom. The van der Waals surface area contributed by atoms with E-state index in [0.717, 1.165) is 0 Å². The Bertz CT molecular complexity index is 867. The van der Waals surface area contributed by atoms with Gasteiger partial charge in [-0.1, -0.05) is 23.2 Å². The minimum atomic E-state index is -3.36. The molecule has 7 heteroatoms. The van der Waals surface area contributed by atoms with Crippen LogP contribution in [0.2, 0.25) is 10.0 Å². The van der Waals surface area contributed by atoms with Gasteiger partial charge in [-0.2, -0.15) is 0 Å². The van der Waals surface area contributed by atoms with Crippen LogP contribution in [0.3, 0.4) is 0 Å². The first kappa shape index (κ1) is 19.9. The molecule has 0 aromatic heterocycles. The largest absolute Gasteiger partial charge is 0.455 e. The van der Waals surface area contributed by atoms with Gasteiger partial charge in [0.25, 0.3) is 0 Å². The first-order valence-electron chi connectivity index (χ1n) is 7.88. The minimum absolute atomic E-state index is 0.277. The average molecular weight is 402 g/mol. The second-order valence-electron chi connectivity index (χ2n) is 5.92. The number of ether oxygens (including phenoxy) is 1. The van der Waals surface area contributed by atoms with Gasteiger partial charge in [0.05, 0.1) is 25.9 Å². The van der Waals surface area contributed by atoms with E-state index in [1.807, 2.05) is 18.9 Å². The van der Waals surface area contributed by atoms with Crippen LogP contribution in [0.25, 0.3) is 0 Å². The van der Waals surface area contributed by atoms with Crippen molar-refractivity contribution in [1.82, 2.24) is 0 Å². The molecule has 0 N–H and O–H groups in total. The molecule has 0 bridgehead atoms. The Morgan fingerprint density at radius 1 is 1.08 bits per heavy atom. The molecule has 0 radical (unpaired) electrons. The lowest BCUT2D eigenvalue weighted by atomic mass is 10.2. The third-order valence-electron chi connectivity index (χ3n) is 3.88. The van der Waals surface area contributed by atoms with Crippen LogP contribution in [0, 0.1) is 0 Å². The average Bonchev–Trinajstić information content (AvgIpc) is 2.57. The van der Waals surface area contributed by atoms with Crippen molar-refractivity contribution in [2.24, 2.45) is 0 Å². The summed E-state index contributed by atoms with van der Waals surface area (Å²) in [6, 6.07) is 9.86. The fourth-order valence-electron chi connectivity index (χ4n) is 2.17. The van der Waals surface area contributed by atoms with Crippen LogP contribution in [0.4, 0.5) is 5.69 Å². The Morgan fingerprint density at radius 2 is 1.76 bits per heavy atom. The van der Waals surface area contributed by atoms with Crippen LogP contribution in [0.15, 0.2) is 41.3 Å². The van der Waals surface area contributed by atoms with Crippen LogP contribution >= 0.6 is 23.2 Å². The number of halogens is 2. The summed E-state index contributed by atoms with van der Waals surface area (Å²) in [6.07, 6.45) is 0. The molecule has 0 unspecified atom stereocenters. The number of rotatable bonds is 6. The van der Waals surface area contributed by atoms with Crippen molar-refractivity contribution in [2.45, 2.75) is 30.9 Å². The summed E-state index contributed by atoms with van der Waals surface area (Å²) in [5.41, 5.74) is 0.690. The van der Waals surface area contributed by atoms with Gasteiger partial charge in [0.15, 0.2) is 15.6 Å². The summed E-state index contributed by atoms with van der Waals surface area (Å²) in [5.74, 6) is 1.07. The van der Waals surface area contributed by atoms with Crippen molar-refractivity contribution in [2.75, 3.05) is 18.5 Å². The Hall–Kier alpha value is -1.43. The van der Waals surface area contributed by atoms with Crippen LogP contribution in [0.5, 0.6) is 11.5 Å². The van der Waals surface area contributed by atoms with Crippen LogP contribution < -0.4 is 9.64 Å². The SMILES string of the molecule is CCN(C)c1cc(S(=O)(=O)C(C)C)ccc1Oc1ccc(Cl)c(Cl)c1. The molecule has 0 fully saturated rings. The first-order chi connectivity index (χ1) is 11.7. The Kier molecular flexibility index (Phi) is 6.25. The predicted octanol–water partition coefficient (Wildman–Crippen LogP) is 5.42. The van der Waals surface area contributed by atoms with E-state index < -0.39 is 15.1 Å². The van der Waals surface area contributed by atoms with E-state index in [0.29, 0.717) is 33.8 Å². The van der Waals surface area contributed by atoms with Crippen molar-refractivity contribution in [1.29, 1.82) is 0 Å². The molecule has 25 heavy (non-hydrogen) atoms. The van der Waals surface area contributed by atoms with Gasteiger partial charge in [-0.3, -0.25) is 0 Å². The third kappa shape index (κ3) is 4.40. The van der Waals surface area contributed by atoms with Crippen molar-refractivity contribution < 1.29 is 13.2 Å². The summed E-state index contributed by atoms with van der Waals surface area (Å²) in [6.45, 7) is 6.01. The molecule has 0 saturated carbocycles. The fraction of sp³-hybridized carbons (Fsp3) is 0.333. The van der Waals surface area contributed by atoms with Gasteiger partial charge in [0, 0.05) is 19.7 Å². The fourth-order valence-corrected chi connectivity index (χ4v) is 3.53. The minimum Gasteiger partial charge on any atom is -0.455 e. The number of sulfone groups is 1. The van der Waals surface area contributed by atoms with Gasteiger partial charge in [-0.15, -0.1) is 0 Å². The lowest BCUT2D eigenvalue weighted by molar-refractivity contribution is 0.482. The van der Waals surface area contributed by atoms with Crippen molar-refractivity contribution >= 4 is 38.7 Å². The van der Waals surface area contributed by atoms with E-state index in [9.17, 15) is 8.42 Å². The lowest BCUT2D eigenvalue weighted by Crippen LogP contribution is -2.19. The van der Waals surface area contributed by atoms with E-state index in [1.165, 1.54) is 0 Å². The molecule has 0 amide bonds. The standard InChI is InChI=1S/C18H21Cl2NO3S/c1-5-21(4)17-11-14(25(22,23)12(2)3)7-9-18(17)24-13-6-8-15(19)16(20)10-13/h6-12H,5H2,1-4H3. The van der Waals surface area contributed by atoms with Crippen molar-refractivity contribution in [3.8, 4) is 11.5 Å². The van der Waals surface area contributed by atoms with Gasteiger partial charge in [0.1, 0.15) is 5.75 Å². The molecule has 0 saturated heterocycles. The zero-order chi connectivity index (χ0) is 18.8. The van der Waals surface area contributed by atoms with Gasteiger partial charge in [-0.25, -0.2) is 8.42 Å². The van der Waals surface area contributed by atoms with E-state index in [4.69, 9.17) is 27.9 Å². The number of anilines is 1. The van der Waals surface area contributed by atoms with Crippen LogP contribution in [-0.4, -0.2) is 27.3 Å². The Labute approximate surface area is 159 Å². The second kappa shape index (κ2) is 7.85. The highest BCUT2D eigenvalue weighted by Gasteiger charge is 2.22. The number of hydrogen-bond donors (Lipinski definition) is 0. The first-order valence-corrected chi connectivity index (χ1v) is 10.2. The van der Waals surface area contributed by atoms with Gasteiger partial charge >= 0.3 is 0 Å². The molecule has 2 aromatic carbocycles. The molecule has 0 aliphatic rings. The highest BCUT2D eigenvalue weighted by atomic mass is 35.5. The van der Waals surface area contributed by atoms with E-state index >= 15 is 0 Å². The lowest BCUT2D eigenvalue weighted by Gasteiger charge is -2.22. The maximum Gasteiger partial charge on any atom is 0.180 e. The monoisotopic (exact) mass is 401 g/mol. The molecule has 0 aliphatic carbocycles. The van der Waals surface area contributed by atoms with Gasteiger partial charge in [0.2, 0.25) is 0 Å². The topological polar surface area (TPSA) is 46.6 Å². The maximum atomic E-state index is 12.5. The number of nitrogens with zero attached hydrogens (tertiary/aromatic N) is 1. The van der Waals surface area contributed by atoms with Gasteiger partial charge < -0.3 is 9.64 Å². The van der Waals surface area contributed by atoms with E-state index in [1.54, 1.807) is 50.2 Å². The zero-order valence-electron chi connectivity index (χ0n) is 14.6. The molecule has 2 rings (SSSR count). The molecule has 0 spiro atoms. The van der Waals surface area contributed by atoms with E-state index in [2.05, 4.69) is 0 Å². The highest BCUT2D eigenvalue weighted by Crippen LogP contribution is 2.36. The predicted molar refractivity (Wildman–Crippen MR) is 104 cm³/mol. The third-order valence-corrected chi connectivity index (χ3v) is 6.78. The Balaban J connectivity index is 2.48. The molecule has 136 valence electrons. The summed E-state index contributed by atoms with van der Waals surface area (Å²) >= 11 is 12.0. The van der Waals surface area contributed by atoms with Crippen molar-refractivity contribution in [3.05, 3.63) is 46.4 Å². The smallest absolute Gasteiger partial charge is 0.180 e. The highest BCUT2D eigenvalue weighted by molar-refractivity contribution is 7.92. The molecule has 4 nitrogen and oxygen atoms in total.